The SMILES string of the molecule is Cc1ccc(NC(=O)c2ccc(CSc3nc4ccccc4s3)cc2)cc1Cl. The molecule has 3 nitrogen and oxygen atoms in total. The fourth-order valence-corrected chi connectivity index (χ4v) is 4.89. The van der Waals surface area contributed by atoms with Crippen LogP contribution in [0.15, 0.2) is 71.1 Å². The van der Waals surface area contributed by atoms with Crippen LogP contribution in [0.3, 0.4) is 0 Å². The fraction of sp³-hybridized carbons (Fsp3) is 0.0909. The van der Waals surface area contributed by atoms with Crippen LogP contribution in [0, 0.1) is 6.92 Å². The minimum atomic E-state index is -0.148. The zero-order chi connectivity index (χ0) is 19.5. The van der Waals surface area contributed by atoms with E-state index in [2.05, 4.69) is 16.4 Å². The normalized spacial score (nSPS) is 10.9. The molecule has 0 saturated carbocycles. The lowest BCUT2D eigenvalue weighted by Crippen LogP contribution is -2.11. The summed E-state index contributed by atoms with van der Waals surface area (Å²) in [5, 5.41) is 3.52. The molecule has 6 heteroatoms. The summed E-state index contributed by atoms with van der Waals surface area (Å²) in [5.74, 6) is 0.667. The smallest absolute Gasteiger partial charge is 0.255 e. The highest BCUT2D eigenvalue weighted by Gasteiger charge is 2.08. The summed E-state index contributed by atoms with van der Waals surface area (Å²) in [5.41, 5.74) is 4.48. The van der Waals surface area contributed by atoms with Gasteiger partial charge in [0, 0.05) is 22.0 Å². The standard InChI is InChI=1S/C22H17ClN2OS2/c1-14-6-11-17(12-18(14)23)24-21(26)16-9-7-15(8-10-16)13-27-22-25-19-4-2-3-5-20(19)28-22/h2-12H,13H2,1H3,(H,24,26). The minimum absolute atomic E-state index is 0.148. The third-order valence-corrected chi connectivity index (χ3v) is 6.94. The third kappa shape index (κ3) is 4.38. The van der Waals surface area contributed by atoms with E-state index in [-0.39, 0.29) is 5.91 Å². The predicted molar refractivity (Wildman–Crippen MR) is 120 cm³/mol. The molecule has 1 aromatic heterocycles. The van der Waals surface area contributed by atoms with E-state index in [1.54, 1.807) is 29.2 Å². The first-order chi connectivity index (χ1) is 13.6. The summed E-state index contributed by atoms with van der Waals surface area (Å²) < 4.78 is 2.26. The number of fused-ring (bicyclic) bond motifs is 1. The highest BCUT2D eigenvalue weighted by molar-refractivity contribution is 8.00. The number of aryl methyl sites for hydroxylation is 1. The molecular formula is C22H17ClN2OS2. The maximum atomic E-state index is 12.4. The number of nitrogens with one attached hydrogen (secondary N) is 1. The Morgan fingerprint density at radius 2 is 1.89 bits per heavy atom. The molecule has 1 N–H and O–H groups in total. The molecule has 0 spiro atoms. The maximum absolute atomic E-state index is 12.4. The van der Waals surface area contributed by atoms with Gasteiger partial charge in [-0.05, 0) is 54.4 Å². The average molecular weight is 425 g/mol. The molecule has 0 aliphatic heterocycles. The van der Waals surface area contributed by atoms with Gasteiger partial charge in [-0.2, -0.15) is 0 Å². The summed E-state index contributed by atoms with van der Waals surface area (Å²) in [4.78, 5) is 17.1. The Morgan fingerprint density at radius 3 is 2.64 bits per heavy atom. The molecular weight excluding hydrogens is 408 g/mol. The van der Waals surface area contributed by atoms with Gasteiger partial charge < -0.3 is 5.32 Å². The van der Waals surface area contributed by atoms with E-state index in [4.69, 9.17) is 11.6 Å². The number of carbonyl (C=O) groups is 1. The minimum Gasteiger partial charge on any atom is -0.322 e. The van der Waals surface area contributed by atoms with Crippen LogP contribution < -0.4 is 5.32 Å². The van der Waals surface area contributed by atoms with Gasteiger partial charge in [0.05, 0.1) is 10.2 Å². The Kier molecular flexibility index (Phi) is 5.67. The summed E-state index contributed by atoms with van der Waals surface area (Å²) in [6.45, 7) is 1.93. The molecule has 0 radical (unpaired) electrons. The molecule has 140 valence electrons. The van der Waals surface area contributed by atoms with Crippen molar-refractivity contribution in [3.05, 3.63) is 88.4 Å². The van der Waals surface area contributed by atoms with E-state index in [9.17, 15) is 4.79 Å². The zero-order valence-corrected chi connectivity index (χ0v) is 17.5. The van der Waals surface area contributed by atoms with Gasteiger partial charge in [-0.1, -0.05) is 53.7 Å². The van der Waals surface area contributed by atoms with Crippen molar-refractivity contribution in [3.8, 4) is 0 Å². The van der Waals surface area contributed by atoms with Crippen molar-refractivity contribution in [2.45, 2.75) is 17.0 Å². The monoisotopic (exact) mass is 424 g/mol. The van der Waals surface area contributed by atoms with Gasteiger partial charge in [-0.25, -0.2) is 4.98 Å². The van der Waals surface area contributed by atoms with E-state index < -0.39 is 0 Å². The van der Waals surface area contributed by atoms with Crippen LogP contribution in [0.2, 0.25) is 5.02 Å². The molecule has 0 atom stereocenters. The largest absolute Gasteiger partial charge is 0.322 e. The summed E-state index contributed by atoms with van der Waals surface area (Å²) in [6.07, 6.45) is 0. The van der Waals surface area contributed by atoms with Gasteiger partial charge in [0.25, 0.3) is 5.91 Å². The van der Waals surface area contributed by atoms with Crippen molar-refractivity contribution >= 4 is 56.5 Å². The fourth-order valence-electron chi connectivity index (χ4n) is 2.68. The van der Waals surface area contributed by atoms with Crippen LogP contribution in [0.4, 0.5) is 5.69 Å². The third-order valence-electron chi connectivity index (χ3n) is 4.28. The van der Waals surface area contributed by atoms with Crippen molar-refractivity contribution in [2.24, 2.45) is 0 Å². The first-order valence-electron chi connectivity index (χ1n) is 8.73. The second kappa shape index (κ2) is 8.35. The number of thiazole rings is 1. The van der Waals surface area contributed by atoms with Crippen LogP contribution in [-0.2, 0) is 5.75 Å². The highest BCUT2D eigenvalue weighted by Crippen LogP contribution is 2.31. The van der Waals surface area contributed by atoms with Crippen LogP contribution >= 0.6 is 34.7 Å². The second-order valence-electron chi connectivity index (χ2n) is 6.35. The Labute approximate surface area is 176 Å². The van der Waals surface area contributed by atoms with Crippen LogP contribution in [0.5, 0.6) is 0 Å². The zero-order valence-electron chi connectivity index (χ0n) is 15.1. The molecule has 0 unspecified atom stereocenters. The Balaban J connectivity index is 1.38. The molecule has 4 aromatic rings. The Morgan fingerprint density at radius 1 is 1.11 bits per heavy atom. The lowest BCUT2D eigenvalue weighted by atomic mass is 10.1. The number of hydrogen-bond donors (Lipinski definition) is 1. The second-order valence-corrected chi connectivity index (χ2v) is 9.01. The molecule has 0 fully saturated rings. The van der Waals surface area contributed by atoms with Crippen molar-refractivity contribution < 1.29 is 4.79 Å². The lowest BCUT2D eigenvalue weighted by Gasteiger charge is -2.07. The van der Waals surface area contributed by atoms with Crippen LogP contribution in [0.25, 0.3) is 10.2 Å². The van der Waals surface area contributed by atoms with Gasteiger partial charge in [-0.3, -0.25) is 4.79 Å². The van der Waals surface area contributed by atoms with E-state index in [1.807, 2.05) is 61.5 Å². The average Bonchev–Trinajstić information content (AvgIpc) is 3.12. The van der Waals surface area contributed by atoms with Crippen molar-refractivity contribution in [1.29, 1.82) is 0 Å². The van der Waals surface area contributed by atoms with E-state index in [1.165, 1.54) is 4.70 Å². The number of hydrogen-bond acceptors (Lipinski definition) is 4. The van der Waals surface area contributed by atoms with Gasteiger partial charge in [0.2, 0.25) is 0 Å². The van der Waals surface area contributed by atoms with Crippen LogP contribution in [0.1, 0.15) is 21.5 Å². The quantitative estimate of drug-likeness (QED) is 0.358. The molecule has 0 aliphatic rings. The molecule has 0 bridgehead atoms. The number of nitrogens with zero attached hydrogens (tertiary/aromatic N) is 1. The predicted octanol–water partition coefficient (Wildman–Crippen LogP) is 6.80. The summed E-state index contributed by atoms with van der Waals surface area (Å²) >= 11 is 9.53. The number of halogens is 1. The summed E-state index contributed by atoms with van der Waals surface area (Å²) in [6, 6.07) is 21.3. The van der Waals surface area contributed by atoms with Crippen LogP contribution in [-0.4, -0.2) is 10.9 Å². The van der Waals surface area contributed by atoms with E-state index >= 15 is 0 Å². The number of carbonyl (C=O) groups excluding carboxylic acids is 1. The number of thioether (sulfide) groups is 1. The van der Waals surface area contributed by atoms with Gasteiger partial charge in [0.15, 0.2) is 4.34 Å². The number of aromatic nitrogens is 1. The highest BCUT2D eigenvalue weighted by atomic mass is 35.5. The maximum Gasteiger partial charge on any atom is 0.255 e. The molecule has 1 heterocycles. The van der Waals surface area contributed by atoms with Gasteiger partial charge >= 0.3 is 0 Å². The first-order valence-corrected chi connectivity index (χ1v) is 10.9. The molecule has 3 aromatic carbocycles. The molecule has 0 saturated heterocycles. The Bertz CT molecular complexity index is 1110. The molecule has 28 heavy (non-hydrogen) atoms. The first kappa shape index (κ1) is 19.0. The van der Waals surface area contributed by atoms with Crippen molar-refractivity contribution in [2.75, 3.05) is 5.32 Å². The van der Waals surface area contributed by atoms with E-state index in [0.29, 0.717) is 16.3 Å². The molecule has 0 aliphatic carbocycles. The molecule has 4 rings (SSSR count). The van der Waals surface area contributed by atoms with Gasteiger partial charge in [-0.15, -0.1) is 11.3 Å². The van der Waals surface area contributed by atoms with E-state index in [0.717, 1.165) is 26.7 Å². The molecule has 1 amide bonds. The number of para-hydroxylation sites is 1. The number of anilines is 1. The summed E-state index contributed by atoms with van der Waals surface area (Å²) in [7, 11) is 0. The van der Waals surface area contributed by atoms with Crippen molar-refractivity contribution in [3.63, 3.8) is 0 Å². The van der Waals surface area contributed by atoms with Gasteiger partial charge in [0.1, 0.15) is 0 Å². The Hall–Kier alpha value is -2.34. The topological polar surface area (TPSA) is 42.0 Å². The number of rotatable bonds is 5. The lowest BCUT2D eigenvalue weighted by molar-refractivity contribution is 0.102. The number of amides is 1. The number of benzene rings is 3. The van der Waals surface area contributed by atoms with Crippen molar-refractivity contribution in [1.82, 2.24) is 4.98 Å².